The lowest BCUT2D eigenvalue weighted by Crippen LogP contribution is -2.27. The number of ether oxygens (including phenoxy) is 2. The average molecular weight is 280 g/mol. The molecular formula is C15H24N2O3. The van der Waals surface area contributed by atoms with Crippen LogP contribution in [0.3, 0.4) is 0 Å². The summed E-state index contributed by atoms with van der Waals surface area (Å²) in [6.07, 6.45) is 0. The Morgan fingerprint density at radius 1 is 1.40 bits per heavy atom. The smallest absolute Gasteiger partial charge is 0.145 e. The molecule has 5 heteroatoms. The van der Waals surface area contributed by atoms with Crippen molar-refractivity contribution in [3.8, 4) is 11.5 Å². The Bertz CT molecular complexity index is 478. The Morgan fingerprint density at radius 3 is 2.55 bits per heavy atom. The second-order valence-electron chi connectivity index (χ2n) is 5.85. The summed E-state index contributed by atoms with van der Waals surface area (Å²) in [5.74, 6) is 1.59. The van der Waals surface area contributed by atoms with Crippen LogP contribution in [-0.2, 0) is 5.41 Å². The summed E-state index contributed by atoms with van der Waals surface area (Å²) < 4.78 is 11.1. The topological polar surface area (TPSA) is 77.1 Å². The maximum absolute atomic E-state index is 8.65. The Hall–Kier alpha value is -1.91. The summed E-state index contributed by atoms with van der Waals surface area (Å²) in [4.78, 5) is 0. The molecule has 0 saturated carbocycles. The maximum atomic E-state index is 8.65. The van der Waals surface area contributed by atoms with Crippen LogP contribution in [0.4, 0.5) is 0 Å². The lowest BCUT2D eigenvalue weighted by atomic mass is 9.86. The third-order valence-electron chi connectivity index (χ3n) is 3.10. The summed E-state index contributed by atoms with van der Waals surface area (Å²) in [6.45, 7) is 8.53. The van der Waals surface area contributed by atoms with Gasteiger partial charge >= 0.3 is 0 Å². The van der Waals surface area contributed by atoms with Gasteiger partial charge in [-0.25, -0.2) is 0 Å². The average Bonchev–Trinajstić information content (AvgIpc) is 2.42. The molecule has 0 aliphatic rings. The van der Waals surface area contributed by atoms with Crippen molar-refractivity contribution in [2.24, 2.45) is 16.8 Å². The fraction of sp³-hybridized carbons (Fsp3) is 0.533. The standard InChI is InChI=1S/C15H24N2O3/c1-10(14(16)17-18)9-20-13-7-6-11(19-5)8-12(13)15(2,3)4/h6-8,10,18H,9H2,1-5H3,(H2,16,17). The van der Waals surface area contributed by atoms with Crippen LogP contribution in [0.1, 0.15) is 33.3 Å². The van der Waals surface area contributed by atoms with Crippen LogP contribution in [0.15, 0.2) is 23.4 Å². The SMILES string of the molecule is COc1ccc(OCC(C)/C(N)=N/O)c(C(C)(C)C)c1. The first kappa shape index (κ1) is 16.1. The van der Waals surface area contributed by atoms with Gasteiger partial charge in [0.25, 0.3) is 0 Å². The number of rotatable bonds is 5. The quantitative estimate of drug-likeness (QED) is 0.376. The van der Waals surface area contributed by atoms with E-state index in [-0.39, 0.29) is 17.2 Å². The largest absolute Gasteiger partial charge is 0.497 e. The molecule has 0 amide bonds. The normalized spacial score (nSPS) is 13.9. The second kappa shape index (κ2) is 6.50. The van der Waals surface area contributed by atoms with Gasteiger partial charge in [0, 0.05) is 5.56 Å². The molecule has 1 atom stereocenters. The number of methoxy groups -OCH3 is 1. The fourth-order valence-electron chi connectivity index (χ4n) is 1.75. The molecule has 112 valence electrons. The van der Waals surface area contributed by atoms with E-state index in [0.717, 1.165) is 17.1 Å². The Balaban J connectivity index is 2.95. The first-order chi connectivity index (χ1) is 9.29. The van der Waals surface area contributed by atoms with E-state index in [2.05, 4.69) is 25.9 Å². The molecule has 3 N–H and O–H groups in total. The molecule has 0 saturated heterocycles. The minimum absolute atomic E-state index is 0.0658. The van der Waals surface area contributed by atoms with E-state index >= 15 is 0 Å². The molecule has 0 aromatic heterocycles. The van der Waals surface area contributed by atoms with Gasteiger partial charge in [-0.15, -0.1) is 0 Å². The van der Waals surface area contributed by atoms with Crippen molar-refractivity contribution < 1.29 is 14.7 Å². The van der Waals surface area contributed by atoms with Gasteiger partial charge in [-0.05, 0) is 23.6 Å². The van der Waals surface area contributed by atoms with Crippen molar-refractivity contribution in [1.29, 1.82) is 0 Å². The molecule has 0 bridgehead atoms. The molecule has 5 nitrogen and oxygen atoms in total. The van der Waals surface area contributed by atoms with E-state index in [4.69, 9.17) is 20.4 Å². The Labute approximate surface area is 120 Å². The van der Waals surface area contributed by atoms with E-state index in [1.54, 1.807) is 7.11 Å². The van der Waals surface area contributed by atoms with Crippen molar-refractivity contribution in [2.45, 2.75) is 33.1 Å². The van der Waals surface area contributed by atoms with Crippen LogP contribution in [0.25, 0.3) is 0 Å². The van der Waals surface area contributed by atoms with Gasteiger partial charge in [0.2, 0.25) is 0 Å². The van der Waals surface area contributed by atoms with Crippen LogP contribution >= 0.6 is 0 Å². The highest BCUT2D eigenvalue weighted by Gasteiger charge is 2.20. The Morgan fingerprint density at radius 2 is 2.05 bits per heavy atom. The first-order valence-corrected chi connectivity index (χ1v) is 6.58. The molecule has 0 radical (unpaired) electrons. The monoisotopic (exact) mass is 280 g/mol. The van der Waals surface area contributed by atoms with Crippen LogP contribution in [-0.4, -0.2) is 24.8 Å². The predicted octanol–water partition coefficient (Wildman–Crippen LogP) is 2.75. The zero-order chi connectivity index (χ0) is 15.3. The number of hydrogen-bond donors (Lipinski definition) is 2. The van der Waals surface area contributed by atoms with Gasteiger partial charge in [-0.1, -0.05) is 32.9 Å². The van der Waals surface area contributed by atoms with Crippen LogP contribution < -0.4 is 15.2 Å². The van der Waals surface area contributed by atoms with Gasteiger partial charge in [0.05, 0.1) is 19.6 Å². The zero-order valence-corrected chi connectivity index (χ0v) is 12.8. The minimum Gasteiger partial charge on any atom is -0.497 e. The third kappa shape index (κ3) is 4.05. The summed E-state index contributed by atoms with van der Waals surface area (Å²) in [7, 11) is 1.64. The molecule has 0 fully saturated rings. The lowest BCUT2D eigenvalue weighted by Gasteiger charge is -2.24. The van der Waals surface area contributed by atoms with Gasteiger partial charge < -0.3 is 20.4 Å². The maximum Gasteiger partial charge on any atom is 0.145 e. The lowest BCUT2D eigenvalue weighted by molar-refractivity contribution is 0.273. The summed E-state index contributed by atoms with van der Waals surface area (Å²) in [5.41, 5.74) is 6.54. The highest BCUT2D eigenvalue weighted by molar-refractivity contribution is 5.81. The highest BCUT2D eigenvalue weighted by Crippen LogP contribution is 2.34. The molecule has 0 heterocycles. The van der Waals surface area contributed by atoms with E-state index in [0.29, 0.717) is 6.61 Å². The summed E-state index contributed by atoms with van der Waals surface area (Å²) in [5, 5.41) is 11.6. The third-order valence-corrected chi connectivity index (χ3v) is 3.10. The fourth-order valence-corrected chi connectivity index (χ4v) is 1.75. The zero-order valence-electron chi connectivity index (χ0n) is 12.8. The van der Waals surface area contributed by atoms with Gasteiger partial charge in [-0.2, -0.15) is 0 Å². The highest BCUT2D eigenvalue weighted by atomic mass is 16.5. The predicted molar refractivity (Wildman–Crippen MR) is 79.8 cm³/mol. The molecule has 20 heavy (non-hydrogen) atoms. The summed E-state index contributed by atoms with van der Waals surface area (Å²) >= 11 is 0. The number of nitrogens with zero attached hydrogens (tertiary/aromatic N) is 1. The second-order valence-corrected chi connectivity index (χ2v) is 5.85. The van der Waals surface area contributed by atoms with Gasteiger partial charge in [0.1, 0.15) is 17.3 Å². The molecule has 1 aromatic rings. The molecule has 0 aliphatic heterocycles. The van der Waals surface area contributed by atoms with E-state index in [1.807, 2.05) is 25.1 Å². The number of benzene rings is 1. The van der Waals surface area contributed by atoms with Crippen LogP contribution in [0.2, 0.25) is 0 Å². The van der Waals surface area contributed by atoms with Crippen molar-refractivity contribution in [1.82, 2.24) is 0 Å². The van der Waals surface area contributed by atoms with Crippen molar-refractivity contribution in [3.05, 3.63) is 23.8 Å². The number of oxime groups is 1. The van der Waals surface area contributed by atoms with Gasteiger partial charge in [0.15, 0.2) is 0 Å². The van der Waals surface area contributed by atoms with E-state index in [9.17, 15) is 0 Å². The minimum atomic E-state index is -0.157. The number of hydrogen-bond acceptors (Lipinski definition) is 4. The van der Waals surface area contributed by atoms with E-state index in [1.165, 1.54) is 0 Å². The number of nitrogens with two attached hydrogens (primary N) is 1. The molecule has 1 unspecified atom stereocenters. The number of amidine groups is 1. The van der Waals surface area contributed by atoms with Crippen molar-refractivity contribution in [3.63, 3.8) is 0 Å². The van der Waals surface area contributed by atoms with E-state index < -0.39 is 0 Å². The summed E-state index contributed by atoms with van der Waals surface area (Å²) in [6, 6.07) is 5.72. The van der Waals surface area contributed by atoms with Crippen LogP contribution in [0, 0.1) is 5.92 Å². The van der Waals surface area contributed by atoms with Crippen molar-refractivity contribution in [2.75, 3.05) is 13.7 Å². The molecule has 1 rings (SSSR count). The molecular weight excluding hydrogens is 256 g/mol. The molecule has 0 aliphatic carbocycles. The first-order valence-electron chi connectivity index (χ1n) is 6.58. The van der Waals surface area contributed by atoms with Crippen molar-refractivity contribution >= 4 is 5.84 Å². The molecule has 1 aromatic carbocycles. The molecule has 0 spiro atoms. The van der Waals surface area contributed by atoms with Crippen LogP contribution in [0.5, 0.6) is 11.5 Å². The Kier molecular flexibility index (Phi) is 5.25. The van der Waals surface area contributed by atoms with Gasteiger partial charge in [-0.3, -0.25) is 0 Å².